The fraction of sp³-hybridized carbons (Fsp3) is 0.471. The summed E-state index contributed by atoms with van der Waals surface area (Å²) in [5, 5.41) is 8.00. The van der Waals surface area contributed by atoms with Gasteiger partial charge in [0.1, 0.15) is 0 Å². The van der Waals surface area contributed by atoms with Gasteiger partial charge < -0.3 is 0 Å². The Hall–Kier alpha value is -1.57. The molecule has 1 fully saturated rings. The van der Waals surface area contributed by atoms with Gasteiger partial charge in [0.05, 0.1) is 5.69 Å². The number of benzene rings is 1. The third-order valence-corrected chi connectivity index (χ3v) is 5.98. The summed E-state index contributed by atoms with van der Waals surface area (Å²) in [4.78, 5) is 0. The minimum absolute atomic E-state index is 0.271. The Morgan fingerprint density at radius 1 is 1.16 bits per heavy atom. The Morgan fingerprint density at radius 3 is 2.63 bits per heavy atom. The molecule has 0 aliphatic heterocycles. The molecule has 2 aliphatic carbocycles. The van der Waals surface area contributed by atoms with Gasteiger partial charge in [-0.05, 0) is 24.2 Å². The number of nitrogens with zero attached hydrogens (tertiary/aromatic N) is 1. The minimum Gasteiger partial charge on any atom is -0.281 e. The van der Waals surface area contributed by atoms with Crippen LogP contribution in [0.5, 0.6) is 0 Å². The molecule has 2 heteroatoms. The van der Waals surface area contributed by atoms with Crippen LogP contribution in [-0.2, 0) is 5.41 Å². The third-order valence-electron chi connectivity index (χ3n) is 5.98. The van der Waals surface area contributed by atoms with Crippen molar-refractivity contribution in [1.82, 2.24) is 10.2 Å². The number of fused-ring (bicyclic) bond motifs is 5. The first-order chi connectivity index (χ1) is 9.06. The first-order valence-electron chi connectivity index (χ1n) is 7.20. The molecule has 1 heterocycles. The molecule has 4 rings (SSSR count). The van der Waals surface area contributed by atoms with Crippen molar-refractivity contribution in [1.29, 1.82) is 0 Å². The summed E-state index contributed by atoms with van der Waals surface area (Å²) in [7, 11) is 0. The lowest BCUT2D eigenvalue weighted by Gasteiger charge is -2.34. The molecule has 0 saturated heterocycles. The van der Waals surface area contributed by atoms with Crippen LogP contribution in [-0.4, -0.2) is 10.2 Å². The van der Waals surface area contributed by atoms with E-state index in [0.717, 1.165) is 0 Å². The highest BCUT2D eigenvalue weighted by atomic mass is 15.1. The van der Waals surface area contributed by atoms with E-state index in [9.17, 15) is 0 Å². The molecule has 19 heavy (non-hydrogen) atoms. The lowest BCUT2D eigenvalue weighted by atomic mass is 9.70. The van der Waals surface area contributed by atoms with Crippen molar-refractivity contribution < 1.29 is 0 Å². The van der Waals surface area contributed by atoms with Gasteiger partial charge in [-0.25, -0.2) is 0 Å². The van der Waals surface area contributed by atoms with Crippen molar-refractivity contribution in [2.45, 2.75) is 44.9 Å². The van der Waals surface area contributed by atoms with E-state index in [1.54, 1.807) is 0 Å². The number of aromatic amines is 1. The zero-order valence-electron chi connectivity index (χ0n) is 11.8. The summed E-state index contributed by atoms with van der Waals surface area (Å²) in [5.41, 5.74) is 5.93. The Morgan fingerprint density at radius 2 is 1.89 bits per heavy atom. The van der Waals surface area contributed by atoms with Crippen LogP contribution in [0.1, 0.15) is 50.8 Å². The molecule has 1 N–H and O–H groups in total. The number of hydrogen-bond acceptors (Lipinski definition) is 1. The quantitative estimate of drug-likeness (QED) is 0.807. The van der Waals surface area contributed by atoms with Gasteiger partial charge in [0.25, 0.3) is 0 Å². The van der Waals surface area contributed by atoms with E-state index in [-0.39, 0.29) is 5.41 Å². The maximum absolute atomic E-state index is 4.63. The molecule has 0 spiro atoms. The molecule has 1 aromatic carbocycles. The maximum atomic E-state index is 4.63. The van der Waals surface area contributed by atoms with Crippen molar-refractivity contribution in [3.05, 3.63) is 41.6 Å². The molecule has 2 atom stereocenters. The zero-order valence-corrected chi connectivity index (χ0v) is 11.8. The predicted molar refractivity (Wildman–Crippen MR) is 77.1 cm³/mol. The second-order valence-corrected chi connectivity index (χ2v) is 6.87. The molecule has 0 radical (unpaired) electrons. The smallest absolute Gasteiger partial charge is 0.0958 e. The highest BCUT2D eigenvalue weighted by Gasteiger charge is 2.61. The highest BCUT2D eigenvalue weighted by Crippen LogP contribution is 2.68. The van der Waals surface area contributed by atoms with Crippen LogP contribution in [0.15, 0.2) is 30.3 Å². The zero-order chi connectivity index (χ0) is 13.3. The summed E-state index contributed by atoms with van der Waals surface area (Å²) < 4.78 is 0. The van der Waals surface area contributed by atoms with E-state index in [1.165, 1.54) is 35.4 Å². The molecular formula is C17H20N2. The average molecular weight is 252 g/mol. The second-order valence-electron chi connectivity index (χ2n) is 6.87. The first kappa shape index (κ1) is 11.3. The van der Waals surface area contributed by atoms with Gasteiger partial charge in [-0.3, -0.25) is 5.10 Å². The standard InChI is InChI=1S/C17H20N2/c1-16(2)12-9-10-17(16,3)15-13(12)14(18-19-15)11-7-5-4-6-8-11/h4-8,12H,9-10H2,1-3H3,(H,18,19). The fourth-order valence-electron chi connectivity index (χ4n) is 4.38. The van der Waals surface area contributed by atoms with Gasteiger partial charge in [-0.2, -0.15) is 5.10 Å². The Bertz CT molecular complexity index is 639. The van der Waals surface area contributed by atoms with Crippen LogP contribution in [0.4, 0.5) is 0 Å². The van der Waals surface area contributed by atoms with E-state index in [1.807, 2.05) is 0 Å². The van der Waals surface area contributed by atoms with Crippen LogP contribution in [0.3, 0.4) is 0 Å². The minimum atomic E-state index is 0.271. The van der Waals surface area contributed by atoms with Crippen molar-refractivity contribution in [2.75, 3.05) is 0 Å². The number of H-pyrrole nitrogens is 1. The molecular weight excluding hydrogens is 232 g/mol. The first-order valence-corrected chi connectivity index (χ1v) is 7.20. The van der Waals surface area contributed by atoms with Crippen LogP contribution >= 0.6 is 0 Å². The Balaban J connectivity index is 1.95. The summed E-state index contributed by atoms with van der Waals surface area (Å²) in [6.45, 7) is 7.26. The SMILES string of the molecule is CC12CCC(c3c(-c4ccccc4)n[nH]c31)C2(C)C. The molecule has 1 aromatic heterocycles. The molecule has 2 bridgehead atoms. The van der Waals surface area contributed by atoms with Gasteiger partial charge in [0, 0.05) is 22.2 Å². The van der Waals surface area contributed by atoms with Crippen molar-refractivity contribution in [2.24, 2.45) is 5.41 Å². The summed E-state index contributed by atoms with van der Waals surface area (Å²) in [6.07, 6.45) is 2.59. The van der Waals surface area contributed by atoms with Gasteiger partial charge in [0.15, 0.2) is 0 Å². The summed E-state index contributed by atoms with van der Waals surface area (Å²) in [6, 6.07) is 10.6. The maximum Gasteiger partial charge on any atom is 0.0958 e. The summed E-state index contributed by atoms with van der Waals surface area (Å²) >= 11 is 0. The predicted octanol–water partition coefficient (Wildman–Crippen LogP) is 4.25. The number of aromatic nitrogens is 2. The van der Waals surface area contributed by atoms with Gasteiger partial charge >= 0.3 is 0 Å². The van der Waals surface area contributed by atoms with Crippen LogP contribution in [0.2, 0.25) is 0 Å². The van der Waals surface area contributed by atoms with E-state index in [2.05, 4.69) is 61.3 Å². The second kappa shape index (κ2) is 3.30. The van der Waals surface area contributed by atoms with E-state index in [4.69, 9.17) is 0 Å². The molecule has 1 saturated carbocycles. The fourth-order valence-corrected chi connectivity index (χ4v) is 4.38. The van der Waals surface area contributed by atoms with E-state index < -0.39 is 0 Å². The molecule has 0 amide bonds. The van der Waals surface area contributed by atoms with Crippen molar-refractivity contribution in [3.8, 4) is 11.3 Å². The summed E-state index contributed by atoms with van der Waals surface area (Å²) in [5.74, 6) is 0.654. The van der Waals surface area contributed by atoms with Gasteiger partial charge in [-0.1, -0.05) is 51.1 Å². The van der Waals surface area contributed by atoms with Crippen LogP contribution in [0.25, 0.3) is 11.3 Å². The monoisotopic (exact) mass is 252 g/mol. The molecule has 2 aromatic rings. The number of hydrogen-bond donors (Lipinski definition) is 1. The van der Waals surface area contributed by atoms with Crippen molar-refractivity contribution >= 4 is 0 Å². The Labute approximate surface area is 114 Å². The number of nitrogens with one attached hydrogen (secondary N) is 1. The average Bonchev–Trinajstić information content (AvgIpc) is 2.98. The Kier molecular flexibility index (Phi) is 1.96. The molecule has 2 nitrogen and oxygen atoms in total. The lowest BCUT2D eigenvalue weighted by Crippen LogP contribution is -2.32. The lowest BCUT2D eigenvalue weighted by molar-refractivity contribution is 0.225. The topological polar surface area (TPSA) is 28.7 Å². The van der Waals surface area contributed by atoms with Crippen LogP contribution < -0.4 is 0 Å². The van der Waals surface area contributed by atoms with E-state index >= 15 is 0 Å². The van der Waals surface area contributed by atoms with E-state index in [0.29, 0.717) is 11.3 Å². The van der Waals surface area contributed by atoms with Crippen LogP contribution in [0, 0.1) is 5.41 Å². The molecule has 2 unspecified atom stereocenters. The third kappa shape index (κ3) is 1.15. The van der Waals surface area contributed by atoms with Gasteiger partial charge in [0.2, 0.25) is 0 Å². The number of rotatable bonds is 1. The molecule has 98 valence electrons. The normalized spacial score (nSPS) is 30.6. The van der Waals surface area contributed by atoms with Gasteiger partial charge in [-0.15, -0.1) is 0 Å². The largest absolute Gasteiger partial charge is 0.281 e. The van der Waals surface area contributed by atoms with Crippen molar-refractivity contribution in [3.63, 3.8) is 0 Å². The molecule has 2 aliphatic rings. The highest BCUT2D eigenvalue weighted by molar-refractivity contribution is 5.68.